The van der Waals surface area contributed by atoms with E-state index in [-0.39, 0.29) is 23.7 Å². The Hall–Kier alpha value is -3.90. The molecule has 1 unspecified atom stereocenters. The number of halogens is 1. The molecule has 4 aromatic rings. The lowest BCUT2D eigenvalue weighted by Gasteiger charge is -2.20. The Morgan fingerprint density at radius 1 is 1.20 bits per heavy atom. The van der Waals surface area contributed by atoms with Crippen molar-refractivity contribution in [2.24, 2.45) is 5.41 Å². The quantitative estimate of drug-likeness (QED) is 0.383. The van der Waals surface area contributed by atoms with Crippen molar-refractivity contribution in [1.82, 2.24) is 14.8 Å². The summed E-state index contributed by atoms with van der Waals surface area (Å²) in [6.07, 6.45) is 1.67. The highest BCUT2D eigenvalue weighted by Crippen LogP contribution is 2.37. The predicted molar refractivity (Wildman–Crippen MR) is 129 cm³/mol. The van der Waals surface area contributed by atoms with Gasteiger partial charge in [0.15, 0.2) is 21.4 Å². The van der Waals surface area contributed by atoms with E-state index in [9.17, 15) is 22.9 Å². The third-order valence-electron chi connectivity index (χ3n) is 6.37. The van der Waals surface area contributed by atoms with Crippen LogP contribution in [0.5, 0.6) is 0 Å². The Balaban J connectivity index is 1.61. The molecule has 0 N–H and O–H groups in total. The molecule has 1 fully saturated rings. The Morgan fingerprint density at radius 2 is 2.03 bits per heavy atom. The number of carbonyl (C=O) groups is 1. The van der Waals surface area contributed by atoms with Gasteiger partial charge in [-0.1, -0.05) is 25.1 Å². The molecular weight excluding hydrogens is 467 g/mol. The van der Waals surface area contributed by atoms with Gasteiger partial charge in [-0.25, -0.2) is 22.5 Å². The van der Waals surface area contributed by atoms with Crippen LogP contribution in [0.15, 0.2) is 60.8 Å². The molecule has 1 saturated heterocycles. The molecule has 2 aromatic heterocycles. The summed E-state index contributed by atoms with van der Waals surface area (Å²) in [5.41, 5.74) is 2.23. The molecule has 3 heterocycles. The van der Waals surface area contributed by atoms with E-state index in [0.29, 0.717) is 34.6 Å². The monoisotopic (exact) mass is 488 g/mol. The number of aromatic nitrogens is 3. The first-order valence-electron chi connectivity index (χ1n) is 11.1. The van der Waals surface area contributed by atoms with Crippen LogP contribution < -0.4 is 0 Å². The Morgan fingerprint density at radius 3 is 2.71 bits per heavy atom. The van der Waals surface area contributed by atoms with E-state index in [1.54, 1.807) is 41.1 Å². The van der Waals surface area contributed by atoms with Crippen molar-refractivity contribution in [3.63, 3.8) is 0 Å². The van der Waals surface area contributed by atoms with Crippen LogP contribution in [0.2, 0.25) is 0 Å². The standard InChI is InChI=1S/C26H21FN4O3S/c1-26(9-10-35(33,34)16-26)13-23(32)18-5-7-21-22(12-18)31(24-8-6-20(27)15-29-24)30-25(21)19-4-2-3-17(11-19)14-28/h2-8,11-12,15H,9-10,13,16H2,1H3. The second-order valence-electron chi connectivity index (χ2n) is 9.27. The summed E-state index contributed by atoms with van der Waals surface area (Å²) in [5, 5.41) is 14.7. The number of nitrogens with zero attached hydrogens (tertiary/aromatic N) is 4. The van der Waals surface area contributed by atoms with Crippen LogP contribution in [0.4, 0.5) is 4.39 Å². The van der Waals surface area contributed by atoms with Gasteiger partial charge in [0, 0.05) is 22.9 Å². The zero-order chi connectivity index (χ0) is 24.8. The minimum Gasteiger partial charge on any atom is -0.294 e. The molecule has 1 aliphatic heterocycles. The molecular formula is C26H21FN4O3S. The molecule has 0 bridgehead atoms. The second-order valence-corrected chi connectivity index (χ2v) is 11.5. The van der Waals surface area contributed by atoms with E-state index >= 15 is 0 Å². The zero-order valence-corrected chi connectivity index (χ0v) is 19.7. The lowest BCUT2D eigenvalue weighted by molar-refractivity contribution is 0.0934. The fourth-order valence-electron chi connectivity index (χ4n) is 4.61. The number of Topliss-reactive ketones (excluding diaryl/α,β-unsaturated/α-hetero) is 1. The number of ketones is 1. The van der Waals surface area contributed by atoms with Crippen molar-refractivity contribution < 1.29 is 17.6 Å². The normalized spacial score (nSPS) is 19.0. The van der Waals surface area contributed by atoms with Gasteiger partial charge >= 0.3 is 0 Å². The van der Waals surface area contributed by atoms with Crippen molar-refractivity contribution in [3.05, 3.63) is 77.7 Å². The molecule has 0 spiro atoms. The highest BCUT2D eigenvalue weighted by Gasteiger charge is 2.40. The zero-order valence-electron chi connectivity index (χ0n) is 18.9. The molecule has 0 amide bonds. The van der Waals surface area contributed by atoms with Gasteiger partial charge in [0.2, 0.25) is 0 Å². The molecule has 0 saturated carbocycles. The molecule has 7 nitrogen and oxygen atoms in total. The average molecular weight is 489 g/mol. The maximum absolute atomic E-state index is 13.5. The van der Waals surface area contributed by atoms with E-state index in [0.717, 1.165) is 17.1 Å². The minimum absolute atomic E-state index is 0.00476. The number of fused-ring (bicyclic) bond motifs is 1. The lowest BCUT2D eigenvalue weighted by Crippen LogP contribution is -2.22. The topological polar surface area (TPSA) is 106 Å². The lowest BCUT2D eigenvalue weighted by atomic mass is 9.83. The van der Waals surface area contributed by atoms with Crippen molar-refractivity contribution >= 4 is 26.5 Å². The molecule has 1 aliphatic rings. The molecule has 35 heavy (non-hydrogen) atoms. The van der Waals surface area contributed by atoms with E-state index in [2.05, 4.69) is 11.1 Å². The Labute approximate surface area is 201 Å². The van der Waals surface area contributed by atoms with Gasteiger partial charge in [-0.05, 0) is 48.2 Å². The fraction of sp³-hybridized carbons (Fsp3) is 0.231. The van der Waals surface area contributed by atoms with Gasteiger partial charge in [-0.15, -0.1) is 0 Å². The molecule has 176 valence electrons. The Kier molecular flexibility index (Phi) is 5.49. The van der Waals surface area contributed by atoms with Crippen LogP contribution in [0.1, 0.15) is 35.7 Å². The first-order chi connectivity index (χ1) is 16.7. The van der Waals surface area contributed by atoms with Gasteiger partial charge in [0.05, 0.1) is 34.9 Å². The number of benzene rings is 2. The highest BCUT2D eigenvalue weighted by molar-refractivity contribution is 7.91. The molecule has 9 heteroatoms. The first-order valence-corrected chi connectivity index (χ1v) is 12.9. The summed E-state index contributed by atoms with van der Waals surface area (Å²) in [4.78, 5) is 17.3. The minimum atomic E-state index is -3.12. The van der Waals surface area contributed by atoms with Gasteiger partial charge in [0.1, 0.15) is 11.5 Å². The van der Waals surface area contributed by atoms with Crippen LogP contribution in [0, 0.1) is 22.6 Å². The van der Waals surface area contributed by atoms with Crippen LogP contribution in [0.25, 0.3) is 28.0 Å². The van der Waals surface area contributed by atoms with E-state index in [4.69, 9.17) is 5.10 Å². The molecule has 5 rings (SSSR count). The van der Waals surface area contributed by atoms with Crippen LogP contribution >= 0.6 is 0 Å². The van der Waals surface area contributed by atoms with Gasteiger partial charge < -0.3 is 0 Å². The Bertz CT molecular complexity index is 1620. The molecule has 2 aromatic carbocycles. The van der Waals surface area contributed by atoms with Crippen molar-refractivity contribution in [2.45, 2.75) is 19.8 Å². The summed E-state index contributed by atoms with van der Waals surface area (Å²) < 4.78 is 39.0. The van der Waals surface area contributed by atoms with Gasteiger partial charge in [0.25, 0.3) is 0 Å². The molecule has 1 atom stereocenters. The third-order valence-corrected chi connectivity index (χ3v) is 8.33. The highest BCUT2D eigenvalue weighted by atomic mass is 32.2. The van der Waals surface area contributed by atoms with Gasteiger partial charge in [-0.3, -0.25) is 4.79 Å². The number of rotatable bonds is 5. The summed E-state index contributed by atoms with van der Waals surface area (Å²) in [6, 6.07) is 17.1. The van der Waals surface area contributed by atoms with Crippen LogP contribution in [0.3, 0.4) is 0 Å². The summed E-state index contributed by atoms with van der Waals surface area (Å²) in [5.74, 6) is -0.158. The maximum atomic E-state index is 13.5. The van der Waals surface area contributed by atoms with E-state index in [1.807, 2.05) is 13.0 Å². The number of sulfone groups is 1. The number of nitriles is 1. The van der Waals surface area contributed by atoms with Crippen molar-refractivity contribution in [2.75, 3.05) is 11.5 Å². The van der Waals surface area contributed by atoms with Crippen LogP contribution in [-0.4, -0.2) is 40.5 Å². The average Bonchev–Trinajstić information content (AvgIpc) is 3.35. The van der Waals surface area contributed by atoms with Crippen molar-refractivity contribution in [3.8, 4) is 23.1 Å². The maximum Gasteiger partial charge on any atom is 0.163 e. The van der Waals surface area contributed by atoms with Crippen molar-refractivity contribution in [1.29, 1.82) is 5.26 Å². The fourth-order valence-corrected chi connectivity index (χ4v) is 6.87. The first kappa shape index (κ1) is 22.9. The number of carbonyl (C=O) groups excluding carboxylic acids is 1. The number of hydrogen-bond donors (Lipinski definition) is 0. The summed E-state index contributed by atoms with van der Waals surface area (Å²) in [7, 11) is -3.12. The number of hydrogen-bond acceptors (Lipinski definition) is 6. The van der Waals surface area contributed by atoms with Gasteiger partial charge in [-0.2, -0.15) is 10.4 Å². The molecule has 0 radical (unpaired) electrons. The van der Waals surface area contributed by atoms with E-state index in [1.165, 1.54) is 12.1 Å². The summed E-state index contributed by atoms with van der Waals surface area (Å²) >= 11 is 0. The van der Waals surface area contributed by atoms with E-state index < -0.39 is 21.1 Å². The predicted octanol–water partition coefficient (Wildman–Crippen LogP) is 4.50. The smallest absolute Gasteiger partial charge is 0.163 e. The van der Waals surface area contributed by atoms with Crippen LogP contribution in [-0.2, 0) is 9.84 Å². The largest absolute Gasteiger partial charge is 0.294 e. The molecule has 0 aliphatic carbocycles. The second kappa shape index (κ2) is 8.40. The third kappa shape index (κ3) is 4.45. The number of pyridine rings is 1. The SMILES string of the molecule is CC1(CC(=O)c2ccc3c(-c4cccc(C#N)c4)nn(-c4ccc(F)cn4)c3c2)CCS(=O)(=O)C1. The summed E-state index contributed by atoms with van der Waals surface area (Å²) in [6.45, 7) is 1.83.